The van der Waals surface area contributed by atoms with Crippen molar-refractivity contribution in [2.45, 2.75) is 6.92 Å². The smallest absolute Gasteiger partial charge is 0.360 e. The number of fused-ring (bicyclic) bond motifs is 1. The highest BCUT2D eigenvalue weighted by atomic mass is 16.5. The van der Waals surface area contributed by atoms with Crippen LogP contribution in [-0.4, -0.2) is 23.2 Å². The fourth-order valence-corrected chi connectivity index (χ4v) is 2.15. The van der Waals surface area contributed by atoms with Gasteiger partial charge in [-0.1, -0.05) is 18.1 Å². The molecule has 0 atom stereocenters. The molecule has 0 amide bonds. The van der Waals surface area contributed by atoms with Gasteiger partial charge in [0, 0.05) is 16.5 Å². The summed E-state index contributed by atoms with van der Waals surface area (Å²) in [6.45, 7) is 1.63. The fourth-order valence-electron chi connectivity index (χ4n) is 2.15. The Kier molecular flexibility index (Phi) is 2.55. The van der Waals surface area contributed by atoms with Gasteiger partial charge in [-0.3, -0.25) is 0 Å². The van der Waals surface area contributed by atoms with Gasteiger partial charge in [-0.15, -0.1) is 0 Å². The molecule has 0 saturated heterocycles. The maximum Gasteiger partial charge on any atom is 0.360 e. The van der Waals surface area contributed by atoms with Crippen LogP contribution in [0, 0.1) is 6.92 Å². The van der Waals surface area contributed by atoms with E-state index in [0.29, 0.717) is 16.5 Å². The van der Waals surface area contributed by atoms with E-state index in [1.165, 1.54) is 25.3 Å². The molecule has 0 spiro atoms. The number of aromatic hydroxyl groups is 1. The lowest BCUT2D eigenvalue weighted by atomic mass is 10.1. The van der Waals surface area contributed by atoms with Crippen LogP contribution in [0.25, 0.3) is 10.8 Å². The second-order valence-corrected chi connectivity index (χ2v) is 4.65. The van der Waals surface area contributed by atoms with E-state index in [2.05, 4.69) is 9.72 Å². The Morgan fingerprint density at radius 3 is 2.61 bits per heavy atom. The van der Waals surface area contributed by atoms with Crippen molar-refractivity contribution in [1.82, 2.24) is 4.98 Å². The molecule has 1 heterocycles. The number of benzene rings is 2. The van der Waals surface area contributed by atoms with Gasteiger partial charge in [-0.2, -0.15) is 0 Å². The molecule has 0 radical (unpaired) electrons. The molecule has 2 aromatic carbocycles. The zero-order valence-corrected chi connectivity index (χ0v) is 12.4. The summed E-state index contributed by atoms with van der Waals surface area (Å²) in [5.74, 6) is -1.25. The van der Waals surface area contributed by atoms with Crippen LogP contribution in [0.3, 0.4) is 0 Å². The molecule has 1 N–H and O–H groups in total. The third-order valence-electron chi connectivity index (χ3n) is 3.22. The lowest BCUT2D eigenvalue weighted by Gasteiger charge is -2.11. The first-order valence-corrected chi connectivity index (χ1v) is 6.63. The van der Waals surface area contributed by atoms with Gasteiger partial charge in [-0.05, 0) is 37.2 Å². The maximum absolute atomic E-state index is 11.7. The van der Waals surface area contributed by atoms with Gasteiger partial charge >= 0.3 is 5.97 Å². The maximum atomic E-state index is 11.7. The lowest BCUT2D eigenvalue weighted by molar-refractivity contribution is 0.0590. The van der Waals surface area contributed by atoms with Crippen LogP contribution in [0.15, 0.2) is 48.4 Å². The van der Waals surface area contributed by atoms with Gasteiger partial charge in [0.2, 0.25) is 0 Å². The largest absolute Gasteiger partial charge is 0.505 e. The molecule has 0 saturated carbocycles. The minimum atomic E-state index is -0.776. The van der Waals surface area contributed by atoms with E-state index < -0.39 is 36.2 Å². The Labute approximate surface area is 140 Å². The van der Waals surface area contributed by atoms with Gasteiger partial charge in [-0.25, -0.2) is 9.78 Å². The van der Waals surface area contributed by atoms with Crippen LogP contribution >= 0.6 is 0 Å². The second kappa shape index (κ2) is 5.96. The molecule has 0 aliphatic heterocycles. The number of hydrogen-bond donors (Lipinski definition) is 1. The highest BCUT2D eigenvalue weighted by Gasteiger charge is 2.18. The zero-order chi connectivity index (χ0) is 20.7. The number of nitrogens with zero attached hydrogens (tertiary/aromatic N) is 1. The Bertz CT molecular complexity index is 1100. The van der Waals surface area contributed by atoms with E-state index in [0.717, 1.165) is 0 Å². The minimum absolute atomic E-state index is 0.182. The Hall–Kier alpha value is -3.08. The lowest BCUT2D eigenvalue weighted by Crippen LogP contribution is -2.06. The molecule has 0 aliphatic rings. The van der Waals surface area contributed by atoms with Crippen LogP contribution in [0.4, 0.5) is 0 Å². The van der Waals surface area contributed by atoms with Crippen LogP contribution in [0.2, 0.25) is 0 Å². The molecule has 23 heavy (non-hydrogen) atoms. The number of carbonyl (C=O) groups is 1. The molecule has 0 aliphatic carbocycles. The highest BCUT2D eigenvalue weighted by Crippen LogP contribution is 2.33. The van der Waals surface area contributed by atoms with Crippen LogP contribution < -0.4 is 4.74 Å². The zero-order valence-electron chi connectivity index (χ0n) is 17.4. The van der Waals surface area contributed by atoms with Crippen molar-refractivity contribution in [3.63, 3.8) is 0 Å². The fraction of sp³-hybridized carbons (Fsp3) is 0.111. The Morgan fingerprint density at radius 1 is 1.17 bits per heavy atom. The van der Waals surface area contributed by atoms with Crippen molar-refractivity contribution in [2.24, 2.45) is 0 Å². The third-order valence-corrected chi connectivity index (χ3v) is 3.22. The van der Waals surface area contributed by atoms with Crippen molar-refractivity contribution in [2.75, 3.05) is 7.11 Å². The standard InChI is InChI=1S/C18H15NO4/c1-11-15-10-13(23-12-6-4-3-5-7-12)8-9-14(15)17(20)16(19-11)18(21)22-2/h3-10,20H,1-2H3/i3D,4D,5D,6D,7D. The number of para-hydroxylation sites is 1. The number of pyridine rings is 1. The highest BCUT2D eigenvalue weighted by molar-refractivity contribution is 6.00. The molecule has 5 heteroatoms. The molecule has 5 nitrogen and oxygen atoms in total. The van der Waals surface area contributed by atoms with Crippen molar-refractivity contribution < 1.29 is 26.2 Å². The molecule has 116 valence electrons. The van der Waals surface area contributed by atoms with E-state index >= 15 is 0 Å². The van der Waals surface area contributed by atoms with Crippen LogP contribution in [-0.2, 0) is 4.74 Å². The van der Waals surface area contributed by atoms with Crippen molar-refractivity contribution in [3.05, 3.63) is 59.8 Å². The van der Waals surface area contributed by atoms with Crippen LogP contribution in [0.1, 0.15) is 23.0 Å². The molecular formula is C18H15NO4. The number of hydrogen-bond acceptors (Lipinski definition) is 5. The van der Waals surface area contributed by atoms with Crippen molar-refractivity contribution in [3.8, 4) is 17.2 Å². The number of methoxy groups -OCH3 is 1. The van der Waals surface area contributed by atoms with Gasteiger partial charge in [0.05, 0.1) is 14.0 Å². The molecule has 0 unspecified atom stereocenters. The van der Waals surface area contributed by atoms with Crippen LogP contribution in [0.5, 0.6) is 17.2 Å². The predicted octanol–water partition coefficient (Wildman–Crippen LogP) is 3.83. The first kappa shape index (κ1) is 9.84. The summed E-state index contributed by atoms with van der Waals surface area (Å²) in [5, 5.41) is 11.1. The normalized spacial score (nSPS) is 13.6. The predicted molar refractivity (Wildman–Crippen MR) is 86.0 cm³/mol. The van der Waals surface area contributed by atoms with E-state index in [-0.39, 0.29) is 22.9 Å². The SMILES string of the molecule is [2H]c1c([2H])c([2H])c(Oc2ccc3c(O)c(C(=O)OC)nc(C)c3c2)c([2H])c1[2H]. The number of aryl methyl sites for hydroxylation is 1. The summed E-state index contributed by atoms with van der Waals surface area (Å²) in [4.78, 5) is 15.8. The van der Waals surface area contributed by atoms with Gasteiger partial charge in [0.15, 0.2) is 11.4 Å². The number of aromatic nitrogens is 1. The summed E-state index contributed by atoms with van der Waals surface area (Å²) >= 11 is 0. The second-order valence-electron chi connectivity index (χ2n) is 4.65. The molecule has 0 fully saturated rings. The van der Waals surface area contributed by atoms with E-state index in [1.54, 1.807) is 6.92 Å². The summed E-state index contributed by atoms with van der Waals surface area (Å²) in [5.41, 5.74) is 0.200. The number of esters is 1. The van der Waals surface area contributed by atoms with Gasteiger partial charge in [0.25, 0.3) is 0 Å². The minimum Gasteiger partial charge on any atom is -0.505 e. The summed E-state index contributed by atoms with van der Waals surface area (Å²) in [7, 11) is 1.18. The third kappa shape index (κ3) is 2.81. The molecule has 3 rings (SSSR count). The molecular weight excluding hydrogens is 294 g/mol. The van der Waals surface area contributed by atoms with Crippen molar-refractivity contribution >= 4 is 16.7 Å². The monoisotopic (exact) mass is 314 g/mol. The van der Waals surface area contributed by atoms with E-state index in [4.69, 9.17) is 11.6 Å². The number of carbonyl (C=O) groups excluding carboxylic acids is 1. The van der Waals surface area contributed by atoms with E-state index in [9.17, 15) is 9.90 Å². The average Bonchev–Trinajstić information content (AvgIpc) is 2.70. The summed E-state index contributed by atoms with van der Waals surface area (Å²) in [6.07, 6.45) is 0. The van der Waals surface area contributed by atoms with Gasteiger partial charge in [0.1, 0.15) is 11.5 Å². The Morgan fingerprint density at radius 2 is 1.91 bits per heavy atom. The van der Waals surface area contributed by atoms with Gasteiger partial charge < -0.3 is 14.6 Å². The quantitative estimate of drug-likeness (QED) is 0.744. The first-order valence-electron chi connectivity index (χ1n) is 9.13. The molecule has 0 bridgehead atoms. The number of rotatable bonds is 3. The topological polar surface area (TPSA) is 68.7 Å². The van der Waals surface area contributed by atoms with E-state index in [1.807, 2.05) is 0 Å². The average molecular weight is 314 g/mol. The summed E-state index contributed by atoms with van der Waals surface area (Å²) in [6, 6.07) is 1.97. The number of ether oxygens (including phenoxy) is 2. The first-order chi connectivity index (χ1) is 13.2. The molecule has 1 aromatic heterocycles. The Balaban J connectivity index is 2.13. The van der Waals surface area contributed by atoms with Crippen molar-refractivity contribution in [1.29, 1.82) is 0 Å². The molecule has 3 aromatic rings. The summed E-state index contributed by atoms with van der Waals surface area (Å²) < 4.78 is 49.0.